The molecule has 122 valence electrons. The Morgan fingerprint density at radius 1 is 1.45 bits per heavy atom. The summed E-state index contributed by atoms with van der Waals surface area (Å²) in [6.07, 6.45) is 1.10. The molecular formula is C17H25ClN2O2. The minimum atomic E-state index is 0.127. The van der Waals surface area contributed by atoms with Crippen molar-refractivity contribution in [3.63, 3.8) is 0 Å². The molecule has 0 aromatic heterocycles. The molecular weight excluding hydrogens is 300 g/mol. The molecule has 2 N–H and O–H groups in total. The van der Waals surface area contributed by atoms with E-state index in [-0.39, 0.29) is 5.41 Å². The van der Waals surface area contributed by atoms with Crippen molar-refractivity contribution in [3.05, 3.63) is 28.8 Å². The fraction of sp³-hybridized carbons (Fsp3) is 0.647. The lowest BCUT2D eigenvalue weighted by Gasteiger charge is -2.37. The van der Waals surface area contributed by atoms with Crippen LogP contribution in [0.2, 0.25) is 5.02 Å². The zero-order valence-corrected chi connectivity index (χ0v) is 14.1. The lowest BCUT2D eigenvalue weighted by atomic mass is 9.90. The third-order valence-electron chi connectivity index (χ3n) is 4.79. The first-order chi connectivity index (χ1) is 10.5. The molecule has 0 bridgehead atoms. The summed E-state index contributed by atoms with van der Waals surface area (Å²) in [7, 11) is 2.15. The van der Waals surface area contributed by atoms with Crippen LogP contribution in [0.4, 0.5) is 0 Å². The highest BCUT2D eigenvalue weighted by atomic mass is 35.5. The molecule has 2 heterocycles. The van der Waals surface area contributed by atoms with Crippen molar-refractivity contribution < 1.29 is 9.47 Å². The first-order valence-corrected chi connectivity index (χ1v) is 8.29. The second-order valence-corrected chi connectivity index (χ2v) is 7.48. The SMILES string of the molecule is CN1CC(CN)CC1c1ccc(OCC2(C)COC2)c(Cl)c1. The Kier molecular flexibility index (Phi) is 4.64. The third kappa shape index (κ3) is 3.25. The summed E-state index contributed by atoms with van der Waals surface area (Å²) in [6.45, 7) is 6.13. The van der Waals surface area contributed by atoms with Crippen LogP contribution in [-0.4, -0.2) is 44.9 Å². The zero-order chi connectivity index (χ0) is 15.7. The molecule has 22 heavy (non-hydrogen) atoms. The number of hydrogen-bond acceptors (Lipinski definition) is 4. The van der Waals surface area contributed by atoms with E-state index in [0.717, 1.165) is 38.5 Å². The second kappa shape index (κ2) is 6.36. The minimum absolute atomic E-state index is 0.127. The number of nitrogens with zero attached hydrogens (tertiary/aromatic N) is 1. The molecule has 2 fully saturated rings. The van der Waals surface area contributed by atoms with Gasteiger partial charge in [-0.3, -0.25) is 4.90 Å². The summed E-state index contributed by atoms with van der Waals surface area (Å²) < 4.78 is 11.1. The lowest BCUT2D eigenvalue weighted by Crippen LogP contribution is -2.44. The van der Waals surface area contributed by atoms with Crippen LogP contribution in [0, 0.1) is 11.3 Å². The van der Waals surface area contributed by atoms with E-state index in [1.807, 2.05) is 12.1 Å². The van der Waals surface area contributed by atoms with E-state index in [2.05, 4.69) is 24.9 Å². The fourth-order valence-corrected chi connectivity index (χ4v) is 3.54. The number of benzene rings is 1. The molecule has 2 atom stereocenters. The van der Waals surface area contributed by atoms with Crippen LogP contribution < -0.4 is 10.5 Å². The van der Waals surface area contributed by atoms with Crippen molar-refractivity contribution >= 4 is 11.6 Å². The molecule has 0 amide bonds. The number of nitrogens with two attached hydrogens (primary N) is 1. The van der Waals surface area contributed by atoms with E-state index in [4.69, 9.17) is 26.8 Å². The van der Waals surface area contributed by atoms with Crippen LogP contribution in [0.25, 0.3) is 0 Å². The Hall–Kier alpha value is -0.810. The van der Waals surface area contributed by atoms with Gasteiger partial charge in [-0.2, -0.15) is 0 Å². The molecule has 2 aliphatic heterocycles. The van der Waals surface area contributed by atoms with Crippen molar-refractivity contribution in [1.82, 2.24) is 4.90 Å². The topological polar surface area (TPSA) is 47.7 Å². The van der Waals surface area contributed by atoms with Gasteiger partial charge in [0, 0.05) is 18.0 Å². The van der Waals surface area contributed by atoms with Gasteiger partial charge in [0.25, 0.3) is 0 Å². The van der Waals surface area contributed by atoms with E-state index in [0.29, 0.717) is 23.6 Å². The Morgan fingerprint density at radius 2 is 2.23 bits per heavy atom. The molecule has 0 saturated carbocycles. The van der Waals surface area contributed by atoms with Gasteiger partial charge in [-0.25, -0.2) is 0 Å². The number of ether oxygens (including phenoxy) is 2. The summed E-state index contributed by atoms with van der Waals surface area (Å²) >= 11 is 6.42. The number of halogens is 1. The predicted molar refractivity (Wildman–Crippen MR) is 88.4 cm³/mol. The van der Waals surface area contributed by atoms with Crippen LogP contribution in [-0.2, 0) is 4.74 Å². The molecule has 0 aliphatic carbocycles. The van der Waals surface area contributed by atoms with Gasteiger partial charge in [-0.05, 0) is 43.6 Å². The van der Waals surface area contributed by atoms with Crippen molar-refractivity contribution in [2.75, 3.05) is 40.0 Å². The summed E-state index contributed by atoms with van der Waals surface area (Å²) in [5, 5.41) is 0.686. The summed E-state index contributed by atoms with van der Waals surface area (Å²) in [6, 6.07) is 6.55. The van der Waals surface area contributed by atoms with Gasteiger partial charge in [-0.15, -0.1) is 0 Å². The van der Waals surface area contributed by atoms with Gasteiger partial charge < -0.3 is 15.2 Å². The molecule has 4 nitrogen and oxygen atoms in total. The van der Waals surface area contributed by atoms with Gasteiger partial charge >= 0.3 is 0 Å². The fourth-order valence-electron chi connectivity index (χ4n) is 3.29. The summed E-state index contributed by atoms with van der Waals surface area (Å²) in [5.74, 6) is 1.33. The van der Waals surface area contributed by atoms with Crippen LogP contribution in [0.1, 0.15) is 24.9 Å². The summed E-state index contributed by atoms with van der Waals surface area (Å²) in [4.78, 5) is 2.36. The van der Waals surface area contributed by atoms with Crippen LogP contribution in [0.15, 0.2) is 18.2 Å². The van der Waals surface area contributed by atoms with Crippen molar-refractivity contribution in [2.24, 2.45) is 17.1 Å². The Morgan fingerprint density at radius 3 is 2.77 bits per heavy atom. The minimum Gasteiger partial charge on any atom is -0.491 e. The number of likely N-dealkylation sites (tertiary alicyclic amines) is 1. The highest BCUT2D eigenvalue weighted by Gasteiger charge is 2.34. The molecule has 0 radical (unpaired) electrons. The van der Waals surface area contributed by atoms with Crippen LogP contribution in [0.5, 0.6) is 5.75 Å². The lowest BCUT2D eigenvalue weighted by molar-refractivity contribution is -0.120. The van der Waals surface area contributed by atoms with Crippen LogP contribution in [0.3, 0.4) is 0 Å². The molecule has 5 heteroatoms. The number of hydrogen-bond donors (Lipinski definition) is 1. The largest absolute Gasteiger partial charge is 0.491 e. The smallest absolute Gasteiger partial charge is 0.137 e. The molecule has 2 aliphatic rings. The zero-order valence-electron chi connectivity index (χ0n) is 13.3. The highest BCUT2D eigenvalue weighted by Crippen LogP contribution is 2.37. The van der Waals surface area contributed by atoms with E-state index >= 15 is 0 Å². The Bertz CT molecular complexity index is 533. The van der Waals surface area contributed by atoms with Crippen LogP contribution >= 0.6 is 11.6 Å². The predicted octanol–water partition coefficient (Wildman–Crippen LogP) is 2.71. The maximum Gasteiger partial charge on any atom is 0.137 e. The Labute approximate surface area is 137 Å². The van der Waals surface area contributed by atoms with Gasteiger partial charge in [0.1, 0.15) is 5.75 Å². The molecule has 3 rings (SSSR count). The van der Waals surface area contributed by atoms with Crippen molar-refractivity contribution in [1.29, 1.82) is 0 Å². The Balaban J connectivity index is 1.66. The summed E-state index contributed by atoms with van der Waals surface area (Å²) in [5.41, 5.74) is 7.18. The van der Waals surface area contributed by atoms with Gasteiger partial charge in [0.15, 0.2) is 0 Å². The van der Waals surface area contributed by atoms with Gasteiger partial charge in [0.05, 0.1) is 24.8 Å². The first-order valence-electron chi connectivity index (χ1n) is 7.91. The molecule has 2 saturated heterocycles. The van der Waals surface area contributed by atoms with E-state index < -0.39 is 0 Å². The normalized spacial score (nSPS) is 27.6. The average Bonchev–Trinajstić information content (AvgIpc) is 2.85. The van der Waals surface area contributed by atoms with E-state index in [9.17, 15) is 0 Å². The first kappa shape index (κ1) is 16.1. The maximum atomic E-state index is 6.42. The highest BCUT2D eigenvalue weighted by molar-refractivity contribution is 6.32. The standard InChI is InChI=1S/C17H25ClN2O2/c1-17(9-21-10-17)11-22-16-4-3-13(6-14(16)18)15-5-12(7-19)8-20(15)2/h3-4,6,12,15H,5,7-11,19H2,1-2H3. The molecule has 1 aromatic carbocycles. The molecule has 0 spiro atoms. The monoisotopic (exact) mass is 324 g/mol. The van der Waals surface area contributed by atoms with E-state index in [1.54, 1.807) is 0 Å². The van der Waals surface area contributed by atoms with Gasteiger partial charge in [0.2, 0.25) is 0 Å². The van der Waals surface area contributed by atoms with E-state index in [1.165, 1.54) is 5.56 Å². The van der Waals surface area contributed by atoms with Crippen molar-refractivity contribution in [2.45, 2.75) is 19.4 Å². The quantitative estimate of drug-likeness (QED) is 0.904. The molecule has 1 aromatic rings. The average molecular weight is 325 g/mol. The van der Waals surface area contributed by atoms with Crippen molar-refractivity contribution in [3.8, 4) is 5.75 Å². The van der Waals surface area contributed by atoms with Gasteiger partial charge in [-0.1, -0.05) is 24.6 Å². The molecule has 2 unspecified atom stereocenters. The number of rotatable bonds is 5. The second-order valence-electron chi connectivity index (χ2n) is 7.07. The maximum absolute atomic E-state index is 6.42. The third-order valence-corrected chi connectivity index (χ3v) is 5.08.